The monoisotopic (exact) mass is 1430 g/mol. The van der Waals surface area contributed by atoms with Crippen LogP contribution in [0.4, 0.5) is 17.1 Å². The lowest BCUT2D eigenvalue weighted by atomic mass is 9.92. The molecule has 4 aromatic heterocycles. The average molecular weight is 1430 g/mol. The highest BCUT2D eigenvalue weighted by molar-refractivity contribution is 8.02. The Morgan fingerprint density at radius 3 is 1.23 bits per heavy atom. The Hall–Kier alpha value is -8.00. The van der Waals surface area contributed by atoms with Gasteiger partial charge in [-0.05, 0) is 159 Å². The van der Waals surface area contributed by atoms with E-state index in [4.69, 9.17) is 5.11 Å². The number of amides is 3. The molecule has 1 unspecified atom stereocenters. The van der Waals surface area contributed by atoms with Gasteiger partial charge in [-0.1, -0.05) is 151 Å². The fraction of sp³-hybridized carbons (Fsp3) is 0.233. The number of thioether (sulfide) groups is 2. The zero-order chi connectivity index (χ0) is 66.4. The number of anilines is 3. The van der Waals surface area contributed by atoms with Gasteiger partial charge in [0.05, 0.1) is 63.2 Å². The maximum absolute atomic E-state index is 12.7. The third-order valence-electron chi connectivity index (χ3n) is 16.3. The van der Waals surface area contributed by atoms with Crippen molar-refractivity contribution < 1.29 is 36.9 Å². The number of aliphatic carboxylic acids is 1. The van der Waals surface area contributed by atoms with E-state index in [-0.39, 0.29) is 27.7 Å². The lowest BCUT2D eigenvalue weighted by Crippen LogP contribution is -2.39. The molecule has 1 atom stereocenters. The van der Waals surface area contributed by atoms with E-state index in [9.17, 15) is 31.8 Å². The Balaban J connectivity index is 0.000000118. The number of aromatic nitrogens is 4. The van der Waals surface area contributed by atoms with Crippen LogP contribution in [-0.2, 0) is 71.9 Å². The number of thiazole rings is 4. The minimum absolute atomic E-state index is 0.00680. The molecule has 4 aliphatic rings. The standard InChI is InChI=1S/C18H16N2O3S2.C18H16N2O2S2.C18H16N2OS2.C10H12.C9H7NO2S2/c21-17(20-11-5-7-13-6-1-3-9-15(13)20)12-25(22,23)18-19-14-8-2-4-10-16(14)24-18;21-17(20-11-5-7-13-6-1-3-9-15(13)20)12-24(22)18-19-14-8-2-4-10-16(14)23-18;21-17(20-11-5-7-13-6-1-3-9-15(13)20)12-22-18-19-14-8-2-4-10-16(14)23-18;1-2-6-10-8-4-3-7-9(10)5-1;11-8(12)5-13-9-10-6-3-1-2-4-7(6)14-9/h1-4,6,8-10H,5,7,11-12H2;1-4,6,8-10H,5,7,11-12H2;1-4,6,8-10H,5,7,11-12H2;1-2,5-6H,3-4,7-8H2;1-4H,5H2,(H,11,12). The van der Waals surface area contributed by atoms with E-state index in [1.807, 2.05) is 144 Å². The van der Waals surface area contributed by atoms with Crippen LogP contribution in [0.15, 0.2) is 211 Å². The number of carboxylic acids is 1. The van der Waals surface area contributed by atoms with Crippen molar-refractivity contribution in [3.63, 3.8) is 0 Å². The number of nitrogens with zero attached hydrogens (tertiary/aromatic N) is 7. The second-order valence-corrected chi connectivity index (χ2v) is 33.2. The number of hydrogen-bond acceptors (Lipinski definition) is 17. The van der Waals surface area contributed by atoms with E-state index in [1.165, 1.54) is 87.7 Å². The molecule has 96 heavy (non-hydrogen) atoms. The number of para-hydroxylation sites is 7. The Morgan fingerprint density at radius 2 is 0.781 bits per heavy atom. The third-order valence-corrected chi connectivity index (χ3v) is 26.3. The van der Waals surface area contributed by atoms with Gasteiger partial charge in [-0.2, -0.15) is 0 Å². The van der Waals surface area contributed by atoms with Gasteiger partial charge in [-0.25, -0.2) is 28.4 Å². The van der Waals surface area contributed by atoms with E-state index >= 15 is 0 Å². The molecule has 0 saturated carbocycles. The molecule has 16 rings (SSSR count). The molecule has 3 amide bonds. The first-order valence-electron chi connectivity index (χ1n) is 31.5. The maximum atomic E-state index is 12.7. The van der Waals surface area contributed by atoms with Crippen LogP contribution in [0, 0.1) is 0 Å². The fourth-order valence-corrected chi connectivity index (χ4v) is 20.1. The van der Waals surface area contributed by atoms with Gasteiger partial charge in [-0.3, -0.25) is 23.4 Å². The molecule has 23 heteroatoms. The number of aryl methyl sites for hydroxylation is 5. The normalized spacial score (nSPS) is 14.2. The third kappa shape index (κ3) is 17.2. The smallest absolute Gasteiger partial charge is 0.313 e. The predicted molar refractivity (Wildman–Crippen MR) is 395 cm³/mol. The minimum atomic E-state index is -3.76. The molecule has 12 aromatic rings. The van der Waals surface area contributed by atoms with Crippen molar-refractivity contribution in [3.8, 4) is 0 Å². The van der Waals surface area contributed by atoms with E-state index < -0.39 is 38.3 Å². The summed E-state index contributed by atoms with van der Waals surface area (Å²) in [7, 11) is -5.17. The molecule has 15 nitrogen and oxygen atoms in total. The van der Waals surface area contributed by atoms with Gasteiger partial charge in [0.1, 0.15) is 11.5 Å². The first kappa shape index (κ1) is 68.0. The zero-order valence-corrected chi connectivity index (χ0v) is 58.7. The van der Waals surface area contributed by atoms with Crippen molar-refractivity contribution >= 4 is 171 Å². The number of carbonyl (C=O) groups excluding carboxylic acids is 3. The van der Waals surface area contributed by atoms with Gasteiger partial charge >= 0.3 is 5.97 Å². The average Bonchev–Trinajstić information content (AvgIpc) is 1.33. The van der Waals surface area contributed by atoms with Crippen LogP contribution in [0.5, 0.6) is 0 Å². The Labute approximate surface area is 584 Å². The number of sulfone groups is 1. The summed E-state index contributed by atoms with van der Waals surface area (Å²) >= 11 is 8.49. The number of fused-ring (bicyclic) bond motifs is 8. The number of carbonyl (C=O) groups is 4. The fourth-order valence-electron chi connectivity index (χ4n) is 11.7. The summed E-state index contributed by atoms with van der Waals surface area (Å²) in [4.78, 5) is 71.1. The highest BCUT2D eigenvalue weighted by Gasteiger charge is 2.30. The topological polar surface area (TPSA) is 201 Å². The number of carboxylic acid groups (broad SMARTS) is 1. The van der Waals surface area contributed by atoms with Crippen LogP contribution < -0.4 is 14.7 Å². The highest BCUT2D eigenvalue weighted by Crippen LogP contribution is 2.35. The summed E-state index contributed by atoms with van der Waals surface area (Å²) in [5.74, 6) is -1.20. The van der Waals surface area contributed by atoms with Crippen molar-refractivity contribution in [1.82, 2.24) is 19.9 Å². The van der Waals surface area contributed by atoms with Crippen LogP contribution in [0.25, 0.3) is 40.9 Å². The summed E-state index contributed by atoms with van der Waals surface area (Å²) in [6.07, 6.45) is 11.1. The second kappa shape index (κ2) is 32.4. The molecule has 0 saturated heterocycles. The van der Waals surface area contributed by atoms with Gasteiger partial charge in [0.25, 0.3) is 0 Å². The SMILES string of the molecule is O=C(CS(=O)(=O)c1nc2ccccc2s1)N1CCCc2ccccc21.O=C(CS(=O)c1nc2ccccc2s1)N1CCCc2ccccc21.O=C(CSc1nc2ccccc2s1)N1CCCc2ccccc21.O=C(O)CSc1nc2ccccc2s1.c1ccc2c(c1)CCCC2. The van der Waals surface area contributed by atoms with Crippen molar-refractivity contribution in [2.45, 2.75) is 81.6 Å². The van der Waals surface area contributed by atoms with Crippen molar-refractivity contribution in [1.29, 1.82) is 0 Å². The van der Waals surface area contributed by atoms with Gasteiger partial charge < -0.3 is 19.8 Å². The van der Waals surface area contributed by atoms with Crippen LogP contribution >= 0.6 is 68.9 Å². The minimum Gasteiger partial charge on any atom is -0.481 e. The molecule has 3 aliphatic heterocycles. The molecule has 0 fully saturated rings. The van der Waals surface area contributed by atoms with Gasteiger partial charge in [-0.15, -0.1) is 45.3 Å². The van der Waals surface area contributed by atoms with Crippen molar-refractivity contribution in [2.24, 2.45) is 0 Å². The van der Waals surface area contributed by atoms with Crippen molar-refractivity contribution in [3.05, 3.63) is 222 Å². The van der Waals surface area contributed by atoms with Crippen LogP contribution in [0.3, 0.4) is 0 Å². The summed E-state index contributed by atoms with van der Waals surface area (Å²) in [5, 5.41) is 8.51. The molecule has 1 aliphatic carbocycles. The molecule has 8 aromatic carbocycles. The maximum Gasteiger partial charge on any atom is 0.313 e. The first-order chi connectivity index (χ1) is 46.8. The number of hydrogen-bond donors (Lipinski definition) is 1. The molecule has 0 spiro atoms. The van der Waals surface area contributed by atoms with Gasteiger partial charge in [0.15, 0.2) is 13.0 Å². The largest absolute Gasteiger partial charge is 0.481 e. The summed E-state index contributed by atoms with van der Waals surface area (Å²) in [5.41, 5.74) is 13.0. The Morgan fingerprint density at radius 1 is 0.417 bits per heavy atom. The first-order valence-corrected chi connectivity index (χ1v) is 39.7. The van der Waals surface area contributed by atoms with Crippen LogP contribution in [0.2, 0.25) is 0 Å². The lowest BCUT2D eigenvalue weighted by Gasteiger charge is -2.29. The van der Waals surface area contributed by atoms with Crippen molar-refractivity contribution in [2.75, 3.05) is 57.3 Å². The van der Waals surface area contributed by atoms with Crippen LogP contribution in [0.1, 0.15) is 59.9 Å². The van der Waals surface area contributed by atoms with Crippen LogP contribution in [-0.4, -0.2) is 104 Å². The lowest BCUT2D eigenvalue weighted by molar-refractivity contribution is -0.134. The van der Waals surface area contributed by atoms with E-state index in [1.54, 1.807) is 38.3 Å². The molecular weight excluding hydrogens is 1360 g/mol. The van der Waals surface area contributed by atoms with E-state index in [0.29, 0.717) is 28.7 Å². The number of rotatable bonds is 12. The Bertz CT molecular complexity index is 4740. The molecule has 0 radical (unpaired) electrons. The Kier molecular flexibility index (Phi) is 22.9. The highest BCUT2D eigenvalue weighted by atomic mass is 32.2. The molecule has 0 bridgehead atoms. The summed E-state index contributed by atoms with van der Waals surface area (Å²) in [6, 6.07) is 63.5. The summed E-state index contributed by atoms with van der Waals surface area (Å²) in [6.45, 7) is 2.05. The molecule has 1 N–H and O–H groups in total. The second-order valence-electron chi connectivity index (χ2n) is 22.8. The van der Waals surface area contributed by atoms with E-state index in [2.05, 4.69) is 68.5 Å². The van der Waals surface area contributed by atoms with Gasteiger partial charge in [0.2, 0.25) is 31.9 Å². The van der Waals surface area contributed by atoms with Gasteiger partial charge in [0, 0.05) is 36.7 Å². The number of benzene rings is 8. The quantitative estimate of drug-likeness (QED) is 0.113. The summed E-state index contributed by atoms with van der Waals surface area (Å²) < 4.78 is 44.3. The predicted octanol–water partition coefficient (Wildman–Crippen LogP) is 15.8. The molecule has 490 valence electrons. The zero-order valence-electron chi connectivity index (χ0n) is 52.2. The molecule has 7 heterocycles. The van der Waals surface area contributed by atoms with E-state index in [0.717, 1.165) is 118 Å². The molecular formula is C73H67N7O8S8.